The highest BCUT2D eigenvalue weighted by Gasteiger charge is 2.08. The summed E-state index contributed by atoms with van der Waals surface area (Å²) in [4.78, 5) is 11.5. The van der Waals surface area contributed by atoms with Gasteiger partial charge in [0.15, 0.2) is 0 Å². The van der Waals surface area contributed by atoms with Crippen molar-refractivity contribution in [2.45, 2.75) is 4.90 Å². The van der Waals surface area contributed by atoms with Gasteiger partial charge < -0.3 is 5.11 Å². The highest BCUT2D eigenvalue weighted by molar-refractivity contribution is 7.98. The Morgan fingerprint density at radius 2 is 2.25 bits per heavy atom. The lowest BCUT2D eigenvalue weighted by Crippen LogP contribution is -1.96. The number of hydrogen-bond acceptors (Lipinski definition) is 2. The third-order valence-electron chi connectivity index (χ3n) is 1.40. The molecular formula is C8H7ClO2S. The van der Waals surface area contributed by atoms with Crippen LogP contribution in [0.1, 0.15) is 10.4 Å². The van der Waals surface area contributed by atoms with Gasteiger partial charge in [-0.3, -0.25) is 0 Å². The molecule has 1 aromatic rings. The normalized spacial score (nSPS) is 9.83. The van der Waals surface area contributed by atoms with Crippen LogP contribution in [0.2, 0.25) is 5.02 Å². The minimum atomic E-state index is -0.990. The fourth-order valence-corrected chi connectivity index (χ4v) is 1.43. The van der Waals surface area contributed by atoms with Gasteiger partial charge in [0.1, 0.15) is 0 Å². The summed E-state index contributed by atoms with van der Waals surface area (Å²) in [6.07, 6.45) is 1.88. The van der Waals surface area contributed by atoms with Gasteiger partial charge >= 0.3 is 5.97 Å². The molecule has 0 aromatic heterocycles. The van der Waals surface area contributed by atoms with Gasteiger partial charge in [-0.25, -0.2) is 4.79 Å². The van der Waals surface area contributed by atoms with Crippen LogP contribution in [0, 0.1) is 0 Å². The Bertz CT molecular complexity index is 312. The first kappa shape index (κ1) is 9.42. The van der Waals surface area contributed by atoms with Crippen LogP contribution in [0.5, 0.6) is 0 Å². The van der Waals surface area contributed by atoms with Crippen LogP contribution in [-0.2, 0) is 0 Å². The van der Waals surface area contributed by atoms with Crippen LogP contribution in [0.4, 0.5) is 0 Å². The van der Waals surface area contributed by atoms with E-state index in [1.165, 1.54) is 11.8 Å². The molecule has 0 heterocycles. The quantitative estimate of drug-likeness (QED) is 0.750. The van der Waals surface area contributed by atoms with Crippen molar-refractivity contribution >= 4 is 29.3 Å². The topological polar surface area (TPSA) is 37.3 Å². The minimum absolute atomic E-state index is 0.156. The van der Waals surface area contributed by atoms with Crippen LogP contribution in [0.15, 0.2) is 23.1 Å². The van der Waals surface area contributed by atoms with Crippen LogP contribution in [-0.4, -0.2) is 17.3 Å². The van der Waals surface area contributed by atoms with Gasteiger partial charge in [-0.2, -0.15) is 0 Å². The zero-order chi connectivity index (χ0) is 9.14. The molecule has 64 valence electrons. The molecule has 0 radical (unpaired) electrons. The summed E-state index contributed by atoms with van der Waals surface area (Å²) in [5.41, 5.74) is 0.156. The van der Waals surface area contributed by atoms with Crippen molar-refractivity contribution in [3.8, 4) is 0 Å². The molecule has 0 saturated heterocycles. The maximum absolute atomic E-state index is 10.6. The number of aromatic carboxylic acids is 1. The molecule has 0 bridgehead atoms. The molecule has 0 spiro atoms. The van der Waals surface area contributed by atoms with E-state index in [2.05, 4.69) is 0 Å². The van der Waals surface area contributed by atoms with E-state index in [0.29, 0.717) is 0 Å². The van der Waals surface area contributed by atoms with Crippen molar-refractivity contribution < 1.29 is 9.90 Å². The third-order valence-corrected chi connectivity index (χ3v) is 2.46. The lowest BCUT2D eigenvalue weighted by Gasteiger charge is -2.00. The van der Waals surface area contributed by atoms with Gasteiger partial charge in [-0.1, -0.05) is 11.6 Å². The summed E-state index contributed by atoms with van der Waals surface area (Å²) in [6, 6.07) is 4.95. The SMILES string of the molecule is CSc1ccc(Cl)c(C(=O)O)c1. The van der Waals surface area contributed by atoms with Crippen LogP contribution >= 0.6 is 23.4 Å². The molecule has 0 unspecified atom stereocenters. The number of benzene rings is 1. The van der Waals surface area contributed by atoms with Crippen molar-refractivity contribution in [2.75, 3.05) is 6.26 Å². The zero-order valence-electron chi connectivity index (χ0n) is 6.37. The van der Waals surface area contributed by atoms with E-state index in [0.717, 1.165) is 4.90 Å². The van der Waals surface area contributed by atoms with E-state index in [1.807, 2.05) is 6.26 Å². The van der Waals surface area contributed by atoms with Crippen molar-refractivity contribution in [1.29, 1.82) is 0 Å². The van der Waals surface area contributed by atoms with Crippen molar-refractivity contribution in [3.05, 3.63) is 28.8 Å². The van der Waals surface area contributed by atoms with Crippen LogP contribution < -0.4 is 0 Å². The van der Waals surface area contributed by atoms with Gasteiger partial charge in [-0.15, -0.1) is 11.8 Å². The fraction of sp³-hybridized carbons (Fsp3) is 0.125. The van der Waals surface area contributed by atoms with Crippen LogP contribution in [0.3, 0.4) is 0 Å². The molecule has 0 amide bonds. The number of thioether (sulfide) groups is 1. The Hall–Kier alpha value is -0.670. The fourth-order valence-electron chi connectivity index (χ4n) is 0.795. The second-order valence-corrected chi connectivity index (χ2v) is 3.44. The number of rotatable bonds is 2. The maximum Gasteiger partial charge on any atom is 0.337 e. The maximum atomic E-state index is 10.6. The number of hydrogen-bond donors (Lipinski definition) is 1. The van der Waals surface area contributed by atoms with Gasteiger partial charge in [0.2, 0.25) is 0 Å². The molecule has 0 aliphatic heterocycles. The predicted molar refractivity (Wildman–Crippen MR) is 50.2 cm³/mol. The van der Waals surface area contributed by atoms with E-state index < -0.39 is 5.97 Å². The standard InChI is InChI=1S/C8H7ClO2S/c1-12-5-2-3-7(9)6(4-5)8(10)11/h2-4H,1H3,(H,10,11). The summed E-state index contributed by atoms with van der Waals surface area (Å²) < 4.78 is 0. The second-order valence-electron chi connectivity index (χ2n) is 2.15. The Balaban J connectivity index is 3.17. The first-order valence-electron chi connectivity index (χ1n) is 3.22. The molecule has 0 aliphatic rings. The van der Waals surface area contributed by atoms with Gasteiger partial charge in [0, 0.05) is 4.90 Å². The lowest BCUT2D eigenvalue weighted by molar-refractivity contribution is 0.0697. The van der Waals surface area contributed by atoms with E-state index in [-0.39, 0.29) is 10.6 Å². The molecule has 0 atom stereocenters. The molecule has 0 aliphatic carbocycles. The van der Waals surface area contributed by atoms with Gasteiger partial charge in [0.05, 0.1) is 10.6 Å². The van der Waals surface area contributed by atoms with Crippen molar-refractivity contribution in [2.24, 2.45) is 0 Å². The summed E-state index contributed by atoms with van der Waals surface area (Å²) in [5, 5.41) is 8.97. The summed E-state index contributed by atoms with van der Waals surface area (Å²) in [7, 11) is 0. The lowest BCUT2D eigenvalue weighted by atomic mass is 10.2. The molecule has 0 fully saturated rings. The average molecular weight is 203 g/mol. The van der Waals surface area contributed by atoms with Gasteiger partial charge in [0.25, 0.3) is 0 Å². The first-order chi connectivity index (χ1) is 5.65. The highest BCUT2D eigenvalue weighted by Crippen LogP contribution is 2.22. The molecule has 1 N–H and O–H groups in total. The Kier molecular flexibility index (Phi) is 3.00. The number of carboxylic acids is 1. The van der Waals surface area contributed by atoms with E-state index in [1.54, 1.807) is 18.2 Å². The van der Waals surface area contributed by atoms with E-state index in [4.69, 9.17) is 16.7 Å². The molecule has 4 heteroatoms. The third kappa shape index (κ3) is 1.93. The van der Waals surface area contributed by atoms with Gasteiger partial charge in [-0.05, 0) is 24.5 Å². The predicted octanol–water partition coefficient (Wildman–Crippen LogP) is 2.76. The van der Waals surface area contributed by atoms with E-state index in [9.17, 15) is 4.79 Å². The molecule has 12 heavy (non-hydrogen) atoms. The van der Waals surface area contributed by atoms with Crippen molar-refractivity contribution in [1.82, 2.24) is 0 Å². The van der Waals surface area contributed by atoms with E-state index >= 15 is 0 Å². The second kappa shape index (κ2) is 3.83. The molecule has 0 saturated carbocycles. The van der Waals surface area contributed by atoms with Crippen LogP contribution in [0.25, 0.3) is 0 Å². The van der Waals surface area contributed by atoms with Crippen molar-refractivity contribution in [3.63, 3.8) is 0 Å². The molecular weight excluding hydrogens is 196 g/mol. The summed E-state index contributed by atoms with van der Waals surface area (Å²) in [6.45, 7) is 0. The molecule has 1 rings (SSSR count). The first-order valence-corrected chi connectivity index (χ1v) is 4.82. The largest absolute Gasteiger partial charge is 0.478 e. The Labute approximate surface area is 79.5 Å². The number of halogens is 1. The summed E-state index contributed by atoms with van der Waals surface area (Å²) >= 11 is 7.15. The average Bonchev–Trinajstić information content (AvgIpc) is 2.05. The Morgan fingerprint density at radius 1 is 1.58 bits per heavy atom. The monoisotopic (exact) mass is 202 g/mol. The Morgan fingerprint density at radius 3 is 2.75 bits per heavy atom. The summed E-state index contributed by atoms with van der Waals surface area (Å²) in [5.74, 6) is -0.990. The smallest absolute Gasteiger partial charge is 0.337 e. The highest BCUT2D eigenvalue weighted by atomic mass is 35.5. The zero-order valence-corrected chi connectivity index (χ0v) is 7.95. The minimum Gasteiger partial charge on any atom is -0.478 e. The number of carbonyl (C=O) groups is 1. The molecule has 2 nitrogen and oxygen atoms in total. The number of carboxylic acid groups (broad SMARTS) is 1. The molecule has 1 aromatic carbocycles.